The number of carboxylic acids is 1. The van der Waals surface area contributed by atoms with Crippen molar-refractivity contribution in [2.24, 2.45) is 0 Å². The number of halogens is 1. The van der Waals surface area contributed by atoms with Crippen LogP contribution in [0.1, 0.15) is 10.6 Å². The Hall–Kier alpha value is -1.17. The van der Waals surface area contributed by atoms with Crippen molar-refractivity contribution < 1.29 is 9.90 Å². The van der Waals surface area contributed by atoms with Crippen LogP contribution < -0.4 is 0 Å². The molecule has 0 saturated heterocycles. The Kier molecular flexibility index (Phi) is 2.59. The summed E-state index contributed by atoms with van der Waals surface area (Å²) in [4.78, 5) is 13.9. The number of hydrogen-bond donors (Lipinski definition) is 1. The quantitative estimate of drug-likeness (QED) is 0.839. The third-order valence-corrected chi connectivity index (χ3v) is 1.31. The van der Waals surface area contributed by atoms with Crippen LogP contribution in [0.15, 0.2) is 17.4 Å². The third kappa shape index (κ3) is 2.16. The molecule has 1 aromatic rings. The monoisotopic (exact) mass is 231 g/mol. The van der Waals surface area contributed by atoms with Crippen molar-refractivity contribution in [1.29, 1.82) is 0 Å². The summed E-state index contributed by atoms with van der Waals surface area (Å²) in [6, 6.07) is 0. The number of carboxylic acid groups (broad SMARTS) is 1. The molecule has 1 heterocycles. The van der Waals surface area contributed by atoms with Gasteiger partial charge in [-0.1, -0.05) is 22.5 Å². The highest BCUT2D eigenvalue weighted by Crippen LogP contribution is 2.03. The van der Waals surface area contributed by atoms with Gasteiger partial charge in [-0.15, -0.1) is 5.10 Å². The van der Waals surface area contributed by atoms with Gasteiger partial charge in [-0.3, -0.25) is 0 Å². The second-order valence-electron chi connectivity index (χ2n) is 2.09. The summed E-state index contributed by atoms with van der Waals surface area (Å²) in [5.41, 5.74) is 0. The molecule has 0 unspecified atom stereocenters. The molecule has 0 aliphatic heterocycles. The third-order valence-electron chi connectivity index (χ3n) is 1.06. The highest BCUT2D eigenvalue weighted by Gasteiger charge is 2.07. The van der Waals surface area contributed by atoms with Crippen LogP contribution in [0.2, 0.25) is 0 Å². The molecule has 6 heteroatoms. The SMILES string of the molecule is C=C(Br)Cn1cnc(C(=O)O)n1. The van der Waals surface area contributed by atoms with Crippen LogP contribution in [-0.4, -0.2) is 25.8 Å². The first-order valence-electron chi connectivity index (χ1n) is 3.05. The lowest BCUT2D eigenvalue weighted by Crippen LogP contribution is -2.03. The van der Waals surface area contributed by atoms with Crippen molar-refractivity contribution in [1.82, 2.24) is 14.8 Å². The van der Waals surface area contributed by atoms with E-state index in [0.717, 1.165) is 0 Å². The molecule has 0 aliphatic rings. The van der Waals surface area contributed by atoms with E-state index < -0.39 is 5.97 Å². The molecule has 5 nitrogen and oxygen atoms in total. The number of rotatable bonds is 3. The fourth-order valence-electron chi connectivity index (χ4n) is 0.645. The van der Waals surface area contributed by atoms with E-state index in [2.05, 4.69) is 32.6 Å². The van der Waals surface area contributed by atoms with Crippen LogP contribution in [0.5, 0.6) is 0 Å². The molecule has 0 amide bonds. The van der Waals surface area contributed by atoms with Crippen LogP contribution in [-0.2, 0) is 6.54 Å². The number of carbonyl (C=O) groups is 1. The average Bonchev–Trinajstić information content (AvgIpc) is 2.34. The van der Waals surface area contributed by atoms with Crippen molar-refractivity contribution in [3.63, 3.8) is 0 Å². The molecule has 0 aromatic carbocycles. The molecule has 12 heavy (non-hydrogen) atoms. The molecule has 64 valence electrons. The lowest BCUT2D eigenvalue weighted by Gasteiger charge is -1.94. The van der Waals surface area contributed by atoms with E-state index in [1.54, 1.807) is 0 Å². The standard InChI is InChI=1S/C6H6BrN3O2/c1-4(7)2-10-3-8-5(9-10)6(11)12/h3H,1-2H2,(H,11,12). The summed E-state index contributed by atoms with van der Waals surface area (Å²) in [6.07, 6.45) is 1.34. The van der Waals surface area contributed by atoms with Crippen LogP contribution in [0.25, 0.3) is 0 Å². The normalized spacial score (nSPS) is 9.75. The zero-order chi connectivity index (χ0) is 9.14. The molecular weight excluding hydrogens is 226 g/mol. The predicted octanol–water partition coefficient (Wildman–Crippen LogP) is 0.885. The fraction of sp³-hybridized carbons (Fsp3) is 0.167. The summed E-state index contributed by atoms with van der Waals surface area (Å²) in [6.45, 7) is 4.00. The molecule has 1 aromatic heterocycles. The van der Waals surface area contributed by atoms with Gasteiger partial charge in [0.1, 0.15) is 6.33 Å². The van der Waals surface area contributed by atoms with Crippen molar-refractivity contribution >= 4 is 21.9 Å². The second kappa shape index (κ2) is 3.48. The summed E-state index contributed by atoms with van der Waals surface area (Å²) in [5.74, 6) is -1.34. The van der Waals surface area contributed by atoms with E-state index in [0.29, 0.717) is 11.0 Å². The zero-order valence-corrected chi connectivity index (χ0v) is 7.65. The Balaban J connectivity index is 2.77. The van der Waals surface area contributed by atoms with E-state index in [1.807, 2.05) is 0 Å². The lowest BCUT2D eigenvalue weighted by atomic mass is 10.6. The van der Waals surface area contributed by atoms with Crippen LogP contribution in [0.3, 0.4) is 0 Å². The van der Waals surface area contributed by atoms with Crippen LogP contribution >= 0.6 is 15.9 Å². The number of aromatic nitrogens is 3. The molecule has 1 N–H and O–H groups in total. The van der Waals surface area contributed by atoms with Crippen molar-refractivity contribution in [3.05, 3.63) is 23.2 Å². The van der Waals surface area contributed by atoms with Gasteiger partial charge in [0.05, 0.1) is 6.54 Å². The van der Waals surface area contributed by atoms with E-state index in [4.69, 9.17) is 5.11 Å². The van der Waals surface area contributed by atoms with Gasteiger partial charge in [-0.25, -0.2) is 14.5 Å². The van der Waals surface area contributed by atoms with E-state index in [-0.39, 0.29) is 5.82 Å². The van der Waals surface area contributed by atoms with Crippen molar-refractivity contribution in [2.45, 2.75) is 6.54 Å². The van der Waals surface area contributed by atoms with E-state index in [9.17, 15) is 4.79 Å². The molecule has 0 radical (unpaired) electrons. The molecular formula is C6H6BrN3O2. The van der Waals surface area contributed by atoms with Crippen molar-refractivity contribution in [2.75, 3.05) is 0 Å². The summed E-state index contributed by atoms with van der Waals surface area (Å²) < 4.78 is 2.10. The number of allylic oxidation sites excluding steroid dienone is 1. The number of hydrogen-bond acceptors (Lipinski definition) is 3. The van der Waals surface area contributed by atoms with Gasteiger partial charge in [-0.2, -0.15) is 0 Å². The number of aromatic carboxylic acids is 1. The van der Waals surface area contributed by atoms with Gasteiger partial charge in [0.15, 0.2) is 0 Å². The largest absolute Gasteiger partial charge is 0.475 e. The minimum Gasteiger partial charge on any atom is -0.475 e. The summed E-state index contributed by atoms with van der Waals surface area (Å²) in [7, 11) is 0. The van der Waals surface area contributed by atoms with E-state index in [1.165, 1.54) is 11.0 Å². The Morgan fingerprint density at radius 1 is 1.83 bits per heavy atom. The first kappa shape index (κ1) is 8.92. The molecule has 0 spiro atoms. The lowest BCUT2D eigenvalue weighted by molar-refractivity contribution is 0.0683. The number of nitrogens with zero attached hydrogens (tertiary/aromatic N) is 3. The maximum atomic E-state index is 10.3. The van der Waals surface area contributed by atoms with Gasteiger partial charge in [-0.05, 0) is 0 Å². The Morgan fingerprint density at radius 3 is 2.92 bits per heavy atom. The van der Waals surface area contributed by atoms with Gasteiger partial charge < -0.3 is 5.11 Å². The Labute approximate surface area is 76.9 Å². The smallest absolute Gasteiger partial charge is 0.375 e. The second-order valence-corrected chi connectivity index (χ2v) is 3.21. The fourth-order valence-corrected chi connectivity index (χ4v) is 0.902. The molecule has 0 atom stereocenters. The maximum absolute atomic E-state index is 10.3. The Bertz CT molecular complexity index is 320. The van der Waals surface area contributed by atoms with Crippen molar-refractivity contribution in [3.8, 4) is 0 Å². The molecule has 1 rings (SSSR count). The predicted molar refractivity (Wildman–Crippen MR) is 45.0 cm³/mol. The topological polar surface area (TPSA) is 68.0 Å². The Morgan fingerprint density at radius 2 is 2.50 bits per heavy atom. The van der Waals surface area contributed by atoms with Crippen LogP contribution in [0, 0.1) is 0 Å². The van der Waals surface area contributed by atoms with Gasteiger partial charge in [0.25, 0.3) is 5.82 Å². The first-order valence-corrected chi connectivity index (χ1v) is 3.85. The van der Waals surface area contributed by atoms with Crippen LogP contribution in [0.4, 0.5) is 0 Å². The molecule has 0 aliphatic carbocycles. The molecule has 0 bridgehead atoms. The summed E-state index contributed by atoms with van der Waals surface area (Å²) in [5, 5.41) is 12.1. The first-order chi connectivity index (χ1) is 5.59. The summed E-state index contributed by atoms with van der Waals surface area (Å²) >= 11 is 3.13. The molecule has 0 fully saturated rings. The zero-order valence-electron chi connectivity index (χ0n) is 6.07. The average molecular weight is 232 g/mol. The minimum atomic E-state index is -1.13. The minimum absolute atomic E-state index is 0.205. The highest BCUT2D eigenvalue weighted by atomic mass is 79.9. The van der Waals surface area contributed by atoms with Gasteiger partial charge in [0, 0.05) is 4.48 Å². The van der Waals surface area contributed by atoms with Gasteiger partial charge >= 0.3 is 5.97 Å². The highest BCUT2D eigenvalue weighted by molar-refractivity contribution is 9.11. The van der Waals surface area contributed by atoms with E-state index >= 15 is 0 Å². The molecule has 0 saturated carbocycles. The van der Waals surface area contributed by atoms with Gasteiger partial charge in [0.2, 0.25) is 0 Å². The maximum Gasteiger partial charge on any atom is 0.375 e.